The first-order chi connectivity index (χ1) is 12.7. The number of nitrogens with two attached hydrogens (primary N) is 1. The number of hydrogen-bond acceptors (Lipinski definition) is 6. The second-order valence-corrected chi connectivity index (χ2v) is 7.24. The summed E-state index contributed by atoms with van der Waals surface area (Å²) in [6.07, 6.45) is 2.79. The van der Waals surface area contributed by atoms with Gasteiger partial charge in [-0.2, -0.15) is 0 Å². The maximum absolute atomic E-state index is 13.1. The van der Waals surface area contributed by atoms with Gasteiger partial charge in [0.15, 0.2) is 0 Å². The Morgan fingerprint density at radius 2 is 2.31 bits per heavy atom. The predicted octanol–water partition coefficient (Wildman–Crippen LogP) is 2.47. The molecule has 0 bridgehead atoms. The van der Waals surface area contributed by atoms with Crippen molar-refractivity contribution in [2.45, 2.75) is 31.9 Å². The Balaban J connectivity index is 1.80. The number of nitrogens with zero attached hydrogens (tertiary/aromatic N) is 2. The zero-order chi connectivity index (χ0) is 18.4. The smallest absolute Gasteiger partial charge is 0.273 e. The molecule has 2 N–H and O–H groups in total. The number of amides is 1. The molecule has 1 saturated heterocycles. The summed E-state index contributed by atoms with van der Waals surface area (Å²) in [7, 11) is 1.64. The van der Waals surface area contributed by atoms with Crippen LogP contribution in [-0.2, 0) is 17.7 Å². The van der Waals surface area contributed by atoms with E-state index in [-0.39, 0.29) is 12.0 Å². The lowest BCUT2D eigenvalue weighted by molar-refractivity contribution is 0.0502. The van der Waals surface area contributed by atoms with Crippen LogP contribution in [-0.4, -0.2) is 48.7 Å². The molecule has 2 aromatic rings. The topological polar surface area (TPSA) is 77.7 Å². The third-order valence-electron chi connectivity index (χ3n) is 4.42. The minimum absolute atomic E-state index is 0.0778. The number of para-hydroxylation sites is 1. The van der Waals surface area contributed by atoms with Gasteiger partial charge >= 0.3 is 0 Å². The van der Waals surface area contributed by atoms with Crippen LogP contribution in [0.5, 0.6) is 5.75 Å². The van der Waals surface area contributed by atoms with Crippen molar-refractivity contribution >= 4 is 17.2 Å². The third kappa shape index (κ3) is 4.60. The molecule has 1 atom stereocenters. The summed E-state index contributed by atoms with van der Waals surface area (Å²) in [4.78, 5) is 19.4. The number of ether oxygens (including phenoxy) is 2. The average molecular weight is 375 g/mol. The van der Waals surface area contributed by atoms with Crippen LogP contribution in [0.1, 0.15) is 33.9 Å². The van der Waals surface area contributed by atoms with Crippen LogP contribution >= 0.6 is 11.3 Å². The van der Waals surface area contributed by atoms with Gasteiger partial charge < -0.3 is 20.1 Å². The molecule has 0 spiro atoms. The molecule has 1 amide bonds. The molecule has 6 nitrogen and oxygen atoms in total. The highest BCUT2D eigenvalue weighted by atomic mass is 32.1. The second kappa shape index (κ2) is 9.12. The van der Waals surface area contributed by atoms with Crippen molar-refractivity contribution in [3.8, 4) is 5.75 Å². The van der Waals surface area contributed by atoms with E-state index in [4.69, 9.17) is 15.2 Å². The molecular weight excluding hydrogens is 350 g/mol. The van der Waals surface area contributed by atoms with Crippen molar-refractivity contribution in [3.63, 3.8) is 0 Å². The summed E-state index contributed by atoms with van der Waals surface area (Å²) >= 11 is 1.48. The van der Waals surface area contributed by atoms with Crippen LogP contribution in [0.3, 0.4) is 0 Å². The van der Waals surface area contributed by atoms with Crippen molar-refractivity contribution in [3.05, 3.63) is 45.9 Å². The lowest BCUT2D eigenvalue weighted by Crippen LogP contribution is -2.37. The summed E-state index contributed by atoms with van der Waals surface area (Å²) in [5.74, 6) is 0.700. The Kier molecular flexibility index (Phi) is 6.60. The van der Waals surface area contributed by atoms with Gasteiger partial charge in [-0.3, -0.25) is 4.79 Å². The molecule has 0 aliphatic carbocycles. The lowest BCUT2D eigenvalue weighted by atomic mass is 10.1. The normalized spacial score (nSPS) is 16.6. The van der Waals surface area contributed by atoms with E-state index in [0.29, 0.717) is 31.7 Å². The monoisotopic (exact) mass is 375 g/mol. The van der Waals surface area contributed by atoms with Crippen LogP contribution in [0, 0.1) is 0 Å². The van der Waals surface area contributed by atoms with Crippen molar-refractivity contribution in [1.82, 2.24) is 9.88 Å². The van der Waals surface area contributed by atoms with Gasteiger partial charge in [0, 0.05) is 37.1 Å². The number of rotatable bonds is 8. The zero-order valence-corrected chi connectivity index (χ0v) is 15.8. The van der Waals surface area contributed by atoms with Crippen LogP contribution < -0.4 is 10.5 Å². The summed E-state index contributed by atoms with van der Waals surface area (Å²) in [5, 5.41) is 2.71. The summed E-state index contributed by atoms with van der Waals surface area (Å²) < 4.78 is 11.2. The Morgan fingerprint density at radius 1 is 1.46 bits per heavy atom. The van der Waals surface area contributed by atoms with Gasteiger partial charge in [-0.05, 0) is 25.5 Å². The maximum Gasteiger partial charge on any atom is 0.273 e. The highest BCUT2D eigenvalue weighted by Gasteiger charge is 2.25. The van der Waals surface area contributed by atoms with Crippen LogP contribution in [0.25, 0.3) is 0 Å². The molecule has 2 heterocycles. The van der Waals surface area contributed by atoms with Gasteiger partial charge in [0.25, 0.3) is 5.91 Å². The van der Waals surface area contributed by atoms with Gasteiger partial charge in [-0.1, -0.05) is 18.2 Å². The number of thiazole rings is 1. The summed E-state index contributed by atoms with van der Waals surface area (Å²) in [6, 6.07) is 7.77. The SMILES string of the molecule is COc1ccccc1CN(CC1CCCO1)C(=O)c1csc(CCN)n1. The highest BCUT2D eigenvalue weighted by Crippen LogP contribution is 2.23. The van der Waals surface area contributed by atoms with E-state index in [1.165, 1.54) is 11.3 Å². The van der Waals surface area contributed by atoms with Crippen LogP contribution in [0.4, 0.5) is 0 Å². The van der Waals surface area contributed by atoms with E-state index in [2.05, 4.69) is 4.98 Å². The first-order valence-corrected chi connectivity index (χ1v) is 9.76. The first kappa shape index (κ1) is 18.8. The number of methoxy groups -OCH3 is 1. The minimum atomic E-state index is -0.0778. The van der Waals surface area contributed by atoms with E-state index in [1.54, 1.807) is 7.11 Å². The molecule has 0 saturated carbocycles. The number of carbonyl (C=O) groups excluding carboxylic acids is 1. The second-order valence-electron chi connectivity index (χ2n) is 6.30. The molecule has 1 unspecified atom stereocenters. The largest absolute Gasteiger partial charge is 0.496 e. The van der Waals surface area contributed by atoms with Crippen molar-refractivity contribution in [1.29, 1.82) is 0 Å². The minimum Gasteiger partial charge on any atom is -0.496 e. The Labute approximate surface area is 157 Å². The van der Waals surface area contributed by atoms with Gasteiger partial charge in [-0.15, -0.1) is 11.3 Å². The van der Waals surface area contributed by atoms with Crippen molar-refractivity contribution < 1.29 is 14.3 Å². The van der Waals surface area contributed by atoms with E-state index < -0.39 is 0 Å². The summed E-state index contributed by atoms with van der Waals surface area (Å²) in [5.41, 5.74) is 7.04. The highest BCUT2D eigenvalue weighted by molar-refractivity contribution is 7.09. The van der Waals surface area contributed by atoms with E-state index >= 15 is 0 Å². The molecule has 3 rings (SSSR count). The zero-order valence-electron chi connectivity index (χ0n) is 15.0. The molecule has 1 fully saturated rings. The fraction of sp³-hybridized carbons (Fsp3) is 0.474. The number of carbonyl (C=O) groups is 1. The fourth-order valence-electron chi connectivity index (χ4n) is 3.10. The van der Waals surface area contributed by atoms with E-state index in [9.17, 15) is 4.79 Å². The molecular formula is C19H25N3O3S. The standard InChI is InChI=1S/C19H25N3O3S/c1-24-17-7-3-2-5-14(17)11-22(12-15-6-4-10-25-15)19(23)16-13-26-18(21-16)8-9-20/h2-3,5,7,13,15H,4,6,8-12,20H2,1H3. The van der Waals surface area contributed by atoms with Crippen molar-refractivity contribution in [2.75, 3.05) is 26.8 Å². The first-order valence-electron chi connectivity index (χ1n) is 8.88. The maximum atomic E-state index is 13.1. The number of benzene rings is 1. The van der Waals surface area contributed by atoms with E-state index in [1.807, 2.05) is 34.5 Å². The molecule has 0 radical (unpaired) electrons. The predicted molar refractivity (Wildman–Crippen MR) is 102 cm³/mol. The third-order valence-corrected chi connectivity index (χ3v) is 5.33. The van der Waals surface area contributed by atoms with Crippen molar-refractivity contribution in [2.24, 2.45) is 5.73 Å². The van der Waals surface area contributed by atoms with E-state index in [0.717, 1.165) is 35.8 Å². The molecule has 1 aliphatic rings. The van der Waals surface area contributed by atoms with Gasteiger partial charge in [-0.25, -0.2) is 4.98 Å². The Bertz CT molecular complexity index is 728. The van der Waals surface area contributed by atoms with Gasteiger partial charge in [0.05, 0.1) is 18.2 Å². The Morgan fingerprint density at radius 3 is 3.04 bits per heavy atom. The summed E-state index contributed by atoms with van der Waals surface area (Å²) in [6.45, 7) is 2.31. The van der Waals surface area contributed by atoms with Crippen LogP contribution in [0.2, 0.25) is 0 Å². The number of aromatic nitrogens is 1. The lowest BCUT2D eigenvalue weighted by Gasteiger charge is -2.25. The molecule has 26 heavy (non-hydrogen) atoms. The molecule has 1 aromatic carbocycles. The molecule has 140 valence electrons. The molecule has 1 aliphatic heterocycles. The average Bonchev–Trinajstić information content (AvgIpc) is 3.33. The van der Waals surface area contributed by atoms with Gasteiger partial charge in [0.1, 0.15) is 11.4 Å². The molecule has 1 aromatic heterocycles. The van der Waals surface area contributed by atoms with Crippen LogP contribution in [0.15, 0.2) is 29.6 Å². The Hall–Kier alpha value is -1.96. The van der Waals surface area contributed by atoms with Gasteiger partial charge in [0.2, 0.25) is 0 Å². The molecule has 7 heteroatoms. The number of hydrogen-bond donors (Lipinski definition) is 1. The fourth-order valence-corrected chi connectivity index (χ4v) is 3.89. The quantitative estimate of drug-likeness (QED) is 0.767.